The third-order valence-corrected chi connectivity index (χ3v) is 6.44. The summed E-state index contributed by atoms with van der Waals surface area (Å²) < 4.78 is 5.43. The average Bonchev–Trinajstić information content (AvgIpc) is 2.86. The highest BCUT2D eigenvalue weighted by Gasteiger charge is 2.34. The zero-order valence-electron chi connectivity index (χ0n) is 24.2. The Morgan fingerprint density at radius 2 is 1.52 bits per heavy atom. The third-order valence-electron chi connectivity index (χ3n) is 6.44. The average molecular weight is 546 g/mol. The van der Waals surface area contributed by atoms with Gasteiger partial charge in [0.15, 0.2) is 0 Å². The highest BCUT2D eigenvalue weighted by molar-refractivity contribution is 5.99. The van der Waals surface area contributed by atoms with Gasteiger partial charge in [-0.1, -0.05) is 60.2 Å². The van der Waals surface area contributed by atoms with Crippen molar-refractivity contribution < 1.29 is 24.2 Å². The molecular formula is C32H39N3O5. The minimum absolute atomic E-state index is 0.0894. The molecule has 8 nitrogen and oxygen atoms in total. The summed E-state index contributed by atoms with van der Waals surface area (Å²) in [6.45, 7) is 11.0. The van der Waals surface area contributed by atoms with Crippen molar-refractivity contribution in [3.8, 4) is 5.75 Å². The first-order valence-electron chi connectivity index (χ1n) is 13.2. The number of nitrogens with one attached hydrogen (secondary N) is 2. The number of likely N-dealkylation sites (N-methyl/N-ethyl adjacent to an activating group) is 1. The molecular weight excluding hydrogens is 506 g/mol. The van der Waals surface area contributed by atoms with Crippen LogP contribution < -0.4 is 10.6 Å². The van der Waals surface area contributed by atoms with Crippen LogP contribution in [-0.4, -0.2) is 46.6 Å². The zero-order valence-corrected chi connectivity index (χ0v) is 24.2. The summed E-state index contributed by atoms with van der Waals surface area (Å²) >= 11 is 0. The molecule has 0 heterocycles. The molecule has 0 fully saturated rings. The number of phenols is 1. The molecule has 3 amide bonds. The molecule has 0 spiro atoms. The minimum Gasteiger partial charge on any atom is -0.508 e. The lowest BCUT2D eigenvalue weighted by Crippen LogP contribution is -2.52. The number of carbonyl (C=O) groups is 3. The summed E-state index contributed by atoms with van der Waals surface area (Å²) in [6, 6.07) is 17.6. The van der Waals surface area contributed by atoms with Crippen molar-refractivity contribution in [3.63, 3.8) is 0 Å². The lowest BCUT2D eigenvalue weighted by molar-refractivity contribution is -0.139. The molecule has 3 N–H and O–H groups in total. The number of ether oxygens (including phenoxy) is 1. The number of nitrogens with zero attached hydrogens (tertiary/aromatic N) is 1. The summed E-state index contributed by atoms with van der Waals surface area (Å²) in [4.78, 5) is 42.0. The van der Waals surface area contributed by atoms with Gasteiger partial charge in [-0.25, -0.2) is 4.79 Å². The molecule has 2 unspecified atom stereocenters. The molecule has 0 saturated heterocycles. The van der Waals surface area contributed by atoms with Crippen molar-refractivity contribution in [3.05, 3.63) is 94.5 Å². The number of aryl methyl sites for hydroxylation is 3. The first-order valence-corrected chi connectivity index (χ1v) is 13.2. The van der Waals surface area contributed by atoms with Crippen LogP contribution in [0.4, 0.5) is 10.5 Å². The van der Waals surface area contributed by atoms with Crippen molar-refractivity contribution in [1.29, 1.82) is 0 Å². The van der Waals surface area contributed by atoms with Gasteiger partial charge in [-0.3, -0.25) is 9.59 Å². The number of benzene rings is 3. The molecule has 0 aliphatic carbocycles. The second-order valence-electron chi connectivity index (χ2n) is 11.1. The summed E-state index contributed by atoms with van der Waals surface area (Å²) in [5.41, 5.74) is 4.03. The van der Waals surface area contributed by atoms with Gasteiger partial charge < -0.3 is 25.4 Å². The molecule has 2 atom stereocenters. The number of alkyl carbamates (subject to hydrolysis) is 1. The second-order valence-corrected chi connectivity index (χ2v) is 11.1. The monoisotopic (exact) mass is 545 g/mol. The lowest BCUT2D eigenvalue weighted by Gasteiger charge is -2.32. The Balaban J connectivity index is 1.98. The number of rotatable bonds is 8. The van der Waals surface area contributed by atoms with Gasteiger partial charge in [0, 0.05) is 19.2 Å². The first-order chi connectivity index (χ1) is 18.7. The van der Waals surface area contributed by atoms with E-state index in [4.69, 9.17) is 4.74 Å². The van der Waals surface area contributed by atoms with E-state index >= 15 is 0 Å². The van der Waals surface area contributed by atoms with Crippen LogP contribution in [0.1, 0.15) is 54.6 Å². The standard InChI is InChI=1S/C32H39N3O5/c1-20-10-8-13-24(18-20)28(29(37)34-27-21(2)11-9-12-22(27)3)35(7)30(38)26(33-31(39)40-32(4,5)6)19-23-14-16-25(36)17-15-23/h8-18,26,28,36H,19H2,1-7H3,(H,33,39)(H,34,37). The van der Waals surface area contributed by atoms with Crippen molar-refractivity contribution in [2.75, 3.05) is 12.4 Å². The SMILES string of the molecule is Cc1cccc(C(C(=O)Nc2c(C)cccc2C)N(C)C(=O)C(Cc2ccc(O)cc2)NC(=O)OC(C)(C)C)c1. The number of aromatic hydroxyl groups is 1. The number of hydrogen-bond acceptors (Lipinski definition) is 5. The lowest BCUT2D eigenvalue weighted by atomic mass is 9.99. The Morgan fingerprint density at radius 1 is 0.925 bits per heavy atom. The molecule has 0 saturated carbocycles. The molecule has 0 aromatic heterocycles. The molecule has 0 aliphatic rings. The van der Waals surface area contributed by atoms with Crippen LogP contribution in [0.2, 0.25) is 0 Å². The Morgan fingerprint density at radius 3 is 2.10 bits per heavy atom. The molecule has 0 aliphatic heterocycles. The van der Waals surface area contributed by atoms with Gasteiger partial charge >= 0.3 is 6.09 Å². The van der Waals surface area contributed by atoms with Crippen LogP contribution in [0.15, 0.2) is 66.7 Å². The van der Waals surface area contributed by atoms with E-state index in [1.165, 1.54) is 17.0 Å². The Kier molecular flexibility index (Phi) is 9.58. The molecule has 3 aromatic rings. The fourth-order valence-electron chi connectivity index (χ4n) is 4.48. The fraction of sp³-hybridized carbons (Fsp3) is 0.344. The maximum atomic E-state index is 14.0. The Bertz CT molecular complexity index is 1340. The zero-order chi connectivity index (χ0) is 29.6. The molecule has 0 radical (unpaired) electrons. The molecule has 0 bridgehead atoms. The molecule has 3 rings (SSSR count). The molecule has 8 heteroatoms. The van der Waals surface area contributed by atoms with Gasteiger partial charge in [0.05, 0.1) is 0 Å². The molecule has 40 heavy (non-hydrogen) atoms. The number of carbonyl (C=O) groups excluding carboxylic acids is 3. The number of para-hydroxylation sites is 1. The van der Waals surface area contributed by atoms with Gasteiger partial charge in [-0.15, -0.1) is 0 Å². The minimum atomic E-state index is -1.04. The van der Waals surface area contributed by atoms with Gasteiger partial charge in [0.25, 0.3) is 5.91 Å². The first kappa shape index (κ1) is 30.2. The highest BCUT2D eigenvalue weighted by Crippen LogP contribution is 2.27. The van der Waals surface area contributed by atoms with Crippen LogP contribution >= 0.6 is 0 Å². The van der Waals surface area contributed by atoms with E-state index in [0.29, 0.717) is 16.8 Å². The van der Waals surface area contributed by atoms with Crippen LogP contribution in [0.5, 0.6) is 5.75 Å². The Hall–Kier alpha value is -4.33. The van der Waals surface area contributed by atoms with Crippen LogP contribution in [0.3, 0.4) is 0 Å². The van der Waals surface area contributed by atoms with Gasteiger partial charge in [-0.2, -0.15) is 0 Å². The quantitative estimate of drug-likeness (QED) is 0.342. The van der Waals surface area contributed by atoms with Crippen LogP contribution in [-0.2, 0) is 20.7 Å². The largest absolute Gasteiger partial charge is 0.508 e. The summed E-state index contributed by atoms with van der Waals surface area (Å²) in [5, 5.41) is 15.4. The number of anilines is 1. The maximum absolute atomic E-state index is 14.0. The van der Waals surface area contributed by atoms with Crippen molar-refractivity contribution in [2.24, 2.45) is 0 Å². The van der Waals surface area contributed by atoms with Crippen LogP contribution in [0, 0.1) is 20.8 Å². The predicted molar refractivity (Wildman–Crippen MR) is 156 cm³/mol. The summed E-state index contributed by atoms with van der Waals surface area (Å²) in [6.07, 6.45) is -0.619. The number of hydrogen-bond donors (Lipinski definition) is 3. The van der Waals surface area contributed by atoms with Crippen molar-refractivity contribution >= 4 is 23.6 Å². The summed E-state index contributed by atoms with van der Waals surface area (Å²) in [5.74, 6) is -0.756. The normalized spacial score (nSPS) is 12.7. The topological polar surface area (TPSA) is 108 Å². The fourth-order valence-corrected chi connectivity index (χ4v) is 4.48. The predicted octanol–water partition coefficient (Wildman–Crippen LogP) is 5.59. The van der Waals surface area contributed by atoms with E-state index in [2.05, 4.69) is 10.6 Å². The van der Waals surface area contributed by atoms with E-state index in [9.17, 15) is 19.5 Å². The van der Waals surface area contributed by atoms with E-state index in [-0.39, 0.29) is 18.1 Å². The number of amides is 3. The van der Waals surface area contributed by atoms with Gasteiger partial charge in [0.2, 0.25) is 5.91 Å². The van der Waals surface area contributed by atoms with Crippen LogP contribution in [0.25, 0.3) is 0 Å². The highest BCUT2D eigenvalue weighted by atomic mass is 16.6. The van der Waals surface area contributed by atoms with E-state index in [1.54, 1.807) is 40.0 Å². The van der Waals surface area contributed by atoms with Gasteiger partial charge in [0.1, 0.15) is 23.4 Å². The molecule has 3 aromatic carbocycles. The van der Waals surface area contributed by atoms with Crippen molar-refractivity contribution in [1.82, 2.24) is 10.2 Å². The third kappa shape index (κ3) is 8.09. The van der Waals surface area contributed by atoms with E-state index < -0.39 is 29.7 Å². The van der Waals surface area contributed by atoms with Crippen molar-refractivity contribution in [2.45, 2.75) is 65.6 Å². The summed E-state index contributed by atoms with van der Waals surface area (Å²) in [7, 11) is 1.56. The smallest absolute Gasteiger partial charge is 0.408 e. The number of phenolic OH excluding ortho intramolecular Hbond substituents is 1. The maximum Gasteiger partial charge on any atom is 0.408 e. The molecule has 212 valence electrons. The Labute approximate surface area is 236 Å². The van der Waals surface area contributed by atoms with Gasteiger partial charge in [-0.05, 0) is 75.9 Å². The van der Waals surface area contributed by atoms with E-state index in [0.717, 1.165) is 16.7 Å². The second kappa shape index (κ2) is 12.7. The van der Waals surface area contributed by atoms with E-state index in [1.807, 2.05) is 63.2 Å².